The van der Waals surface area contributed by atoms with Crippen LogP contribution in [0.1, 0.15) is 16.8 Å². The Morgan fingerprint density at radius 2 is 2.00 bits per heavy atom. The monoisotopic (exact) mass is 364 g/mol. The molecule has 1 aliphatic rings. The third kappa shape index (κ3) is 3.67. The summed E-state index contributed by atoms with van der Waals surface area (Å²) in [5.41, 5.74) is 3.35. The number of benzene rings is 1. The molecule has 1 aromatic heterocycles. The second-order valence-corrected chi connectivity index (χ2v) is 7.67. The normalized spacial score (nSPS) is 13.5. The molecule has 0 N–H and O–H groups in total. The van der Waals surface area contributed by atoms with Crippen molar-refractivity contribution in [1.29, 1.82) is 0 Å². The van der Waals surface area contributed by atoms with Gasteiger partial charge in [-0.1, -0.05) is 11.8 Å². The number of carbonyl (C=O) groups excluding carboxylic acids is 1. The maximum absolute atomic E-state index is 12.5. The van der Waals surface area contributed by atoms with E-state index in [9.17, 15) is 4.79 Å². The van der Waals surface area contributed by atoms with Crippen molar-refractivity contribution in [3.63, 3.8) is 0 Å². The molecule has 0 aliphatic carbocycles. The van der Waals surface area contributed by atoms with Gasteiger partial charge in [0.15, 0.2) is 15.8 Å². The lowest BCUT2D eigenvalue weighted by Gasteiger charge is -2.29. The van der Waals surface area contributed by atoms with Crippen molar-refractivity contribution in [2.24, 2.45) is 0 Å². The average Bonchev–Trinajstić information content (AvgIpc) is 3.03. The lowest BCUT2D eigenvalue weighted by Crippen LogP contribution is -2.37. The molecule has 0 bridgehead atoms. The number of hydrogen-bond donors (Lipinski definition) is 0. The fourth-order valence-electron chi connectivity index (χ4n) is 2.71. The van der Waals surface area contributed by atoms with E-state index < -0.39 is 0 Å². The van der Waals surface area contributed by atoms with Gasteiger partial charge in [0.25, 0.3) is 0 Å². The van der Waals surface area contributed by atoms with Gasteiger partial charge in [-0.25, -0.2) is 4.98 Å². The molecule has 5 nitrogen and oxygen atoms in total. The summed E-state index contributed by atoms with van der Waals surface area (Å²) in [5, 5.41) is 2.00. The Morgan fingerprint density at radius 3 is 2.62 bits per heavy atom. The molecule has 0 fully saturated rings. The Kier molecular flexibility index (Phi) is 5.30. The summed E-state index contributed by atoms with van der Waals surface area (Å²) in [6.45, 7) is 3.32. The topological polar surface area (TPSA) is 51.7 Å². The van der Waals surface area contributed by atoms with Crippen LogP contribution in [-0.4, -0.2) is 42.3 Å². The summed E-state index contributed by atoms with van der Waals surface area (Å²) in [5.74, 6) is 2.02. The first-order chi connectivity index (χ1) is 11.6. The summed E-state index contributed by atoms with van der Waals surface area (Å²) < 4.78 is 11.7. The second kappa shape index (κ2) is 7.44. The Labute approximate surface area is 150 Å². The number of hydrogen-bond acceptors (Lipinski definition) is 6. The van der Waals surface area contributed by atoms with Gasteiger partial charge in [-0.3, -0.25) is 4.79 Å². The van der Waals surface area contributed by atoms with Crippen LogP contribution in [0.5, 0.6) is 11.5 Å². The minimum atomic E-state index is 0.147. The second-order valence-electron chi connectivity index (χ2n) is 5.58. The SMILES string of the molecule is COc1cc2c(cc1OC)CN(C(=O)CSc1nc(C)cs1)CC2. The zero-order valence-electron chi connectivity index (χ0n) is 14.0. The van der Waals surface area contributed by atoms with Gasteiger partial charge < -0.3 is 14.4 Å². The Balaban J connectivity index is 1.66. The molecule has 0 spiro atoms. The van der Waals surface area contributed by atoms with Crippen LogP contribution in [0.3, 0.4) is 0 Å². The number of methoxy groups -OCH3 is 2. The van der Waals surface area contributed by atoms with E-state index in [1.165, 1.54) is 17.3 Å². The molecule has 0 saturated carbocycles. The van der Waals surface area contributed by atoms with Gasteiger partial charge >= 0.3 is 0 Å². The fourth-order valence-corrected chi connectivity index (χ4v) is 4.46. The molecule has 128 valence electrons. The quantitative estimate of drug-likeness (QED) is 0.763. The lowest BCUT2D eigenvalue weighted by atomic mass is 9.99. The summed E-state index contributed by atoms with van der Waals surface area (Å²) in [6.07, 6.45) is 0.836. The number of aryl methyl sites for hydroxylation is 1. The molecule has 2 heterocycles. The van der Waals surface area contributed by atoms with E-state index in [1.807, 2.05) is 29.3 Å². The number of carbonyl (C=O) groups is 1. The van der Waals surface area contributed by atoms with Crippen LogP contribution in [-0.2, 0) is 17.8 Å². The predicted molar refractivity (Wildman–Crippen MR) is 96.2 cm³/mol. The van der Waals surface area contributed by atoms with E-state index in [0.717, 1.165) is 34.3 Å². The standard InChI is InChI=1S/C17H20N2O3S2/c1-11-9-23-17(18-11)24-10-16(20)19-5-4-12-6-14(21-2)15(22-3)7-13(12)8-19/h6-7,9H,4-5,8,10H2,1-3H3. The van der Waals surface area contributed by atoms with Crippen molar-refractivity contribution in [3.05, 3.63) is 34.3 Å². The summed E-state index contributed by atoms with van der Waals surface area (Å²) in [6, 6.07) is 3.99. The number of fused-ring (bicyclic) bond motifs is 1. The van der Waals surface area contributed by atoms with Gasteiger partial charge in [-0.2, -0.15) is 0 Å². The lowest BCUT2D eigenvalue weighted by molar-refractivity contribution is -0.129. The molecular formula is C17H20N2O3S2. The first kappa shape index (κ1) is 17.1. The van der Waals surface area contributed by atoms with Crippen molar-refractivity contribution < 1.29 is 14.3 Å². The highest BCUT2D eigenvalue weighted by Crippen LogP contribution is 2.33. The van der Waals surface area contributed by atoms with Crippen LogP contribution in [0, 0.1) is 6.92 Å². The zero-order valence-corrected chi connectivity index (χ0v) is 15.6. The van der Waals surface area contributed by atoms with Crippen molar-refractivity contribution in [1.82, 2.24) is 9.88 Å². The van der Waals surface area contributed by atoms with E-state index in [4.69, 9.17) is 9.47 Å². The third-order valence-corrected chi connectivity index (χ3v) is 6.11. The number of thioether (sulfide) groups is 1. The molecule has 1 aliphatic heterocycles. The number of amides is 1. The van der Waals surface area contributed by atoms with Gasteiger partial charge in [0.2, 0.25) is 5.91 Å². The van der Waals surface area contributed by atoms with Gasteiger partial charge in [0, 0.05) is 24.2 Å². The molecule has 7 heteroatoms. The Morgan fingerprint density at radius 1 is 1.29 bits per heavy atom. The molecule has 1 aromatic carbocycles. The molecule has 0 saturated heterocycles. The van der Waals surface area contributed by atoms with Crippen molar-refractivity contribution in [2.45, 2.75) is 24.2 Å². The maximum atomic E-state index is 12.5. The number of ether oxygens (including phenoxy) is 2. The summed E-state index contributed by atoms with van der Waals surface area (Å²) in [4.78, 5) is 18.8. The largest absolute Gasteiger partial charge is 0.493 e. The molecular weight excluding hydrogens is 344 g/mol. The Hall–Kier alpha value is -1.73. The summed E-state index contributed by atoms with van der Waals surface area (Å²) >= 11 is 3.10. The number of rotatable bonds is 5. The van der Waals surface area contributed by atoms with Crippen LogP contribution >= 0.6 is 23.1 Å². The molecule has 2 aromatic rings. The highest BCUT2D eigenvalue weighted by molar-refractivity contribution is 8.01. The molecule has 0 unspecified atom stereocenters. The first-order valence-electron chi connectivity index (χ1n) is 7.67. The number of thiazole rings is 1. The van der Waals surface area contributed by atoms with Gasteiger partial charge in [-0.15, -0.1) is 11.3 Å². The van der Waals surface area contributed by atoms with Crippen LogP contribution in [0.2, 0.25) is 0 Å². The smallest absolute Gasteiger partial charge is 0.233 e. The zero-order chi connectivity index (χ0) is 17.1. The van der Waals surface area contributed by atoms with Crippen LogP contribution in [0.4, 0.5) is 0 Å². The molecule has 1 amide bonds. The average molecular weight is 364 g/mol. The van der Waals surface area contributed by atoms with Crippen molar-refractivity contribution in [2.75, 3.05) is 26.5 Å². The van der Waals surface area contributed by atoms with Crippen LogP contribution in [0.25, 0.3) is 0 Å². The minimum Gasteiger partial charge on any atom is -0.493 e. The van der Waals surface area contributed by atoms with Crippen LogP contribution in [0.15, 0.2) is 21.9 Å². The van der Waals surface area contributed by atoms with Crippen molar-refractivity contribution >= 4 is 29.0 Å². The van der Waals surface area contributed by atoms with Crippen LogP contribution < -0.4 is 9.47 Å². The van der Waals surface area contributed by atoms with Gasteiger partial charge in [0.05, 0.1) is 20.0 Å². The Bertz CT molecular complexity index is 745. The number of nitrogens with zero attached hydrogens (tertiary/aromatic N) is 2. The van der Waals surface area contributed by atoms with Crippen molar-refractivity contribution in [3.8, 4) is 11.5 Å². The molecule has 0 radical (unpaired) electrons. The van der Waals surface area contributed by atoms with E-state index in [0.29, 0.717) is 18.0 Å². The molecule has 0 atom stereocenters. The molecule has 24 heavy (non-hydrogen) atoms. The minimum absolute atomic E-state index is 0.147. The highest BCUT2D eigenvalue weighted by atomic mass is 32.2. The van der Waals surface area contributed by atoms with Gasteiger partial charge in [-0.05, 0) is 36.6 Å². The number of aromatic nitrogens is 1. The van der Waals surface area contributed by atoms with E-state index in [1.54, 1.807) is 25.6 Å². The predicted octanol–water partition coefficient (Wildman–Crippen LogP) is 3.15. The van der Waals surface area contributed by atoms with Gasteiger partial charge in [0.1, 0.15) is 0 Å². The fraction of sp³-hybridized carbons (Fsp3) is 0.412. The summed E-state index contributed by atoms with van der Waals surface area (Å²) in [7, 11) is 3.27. The maximum Gasteiger partial charge on any atom is 0.233 e. The third-order valence-electron chi connectivity index (χ3n) is 3.99. The highest BCUT2D eigenvalue weighted by Gasteiger charge is 2.23. The molecule has 3 rings (SSSR count). The van der Waals surface area contributed by atoms with E-state index in [-0.39, 0.29) is 5.91 Å². The van der Waals surface area contributed by atoms with E-state index in [2.05, 4.69) is 4.98 Å². The first-order valence-corrected chi connectivity index (χ1v) is 9.53. The van der Waals surface area contributed by atoms with E-state index >= 15 is 0 Å².